The van der Waals surface area contributed by atoms with Gasteiger partial charge < -0.3 is 19.8 Å². The van der Waals surface area contributed by atoms with Gasteiger partial charge in [-0.3, -0.25) is 10.2 Å². The quantitative estimate of drug-likeness (QED) is 0.401. The fourth-order valence-corrected chi connectivity index (χ4v) is 7.83. The first kappa shape index (κ1) is 29.6. The van der Waals surface area contributed by atoms with Gasteiger partial charge in [0, 0.05) is 38.1 Å². The van der Waals surface area contributed by atoms with E-state index in [0.717, 1.165) is 25.7 Å². The van der Waals surface area contributed by atoms with Gasteiger partial charge in [0.15, 0.2) is 0 Å². The molecule has 3 aliphatic carbocycles. The number of alkyl halides is 5. The van der Waals surface area contributed by atoms with Gasteiger partial charge in [-0.1, -0.05) is 6.92 Å². The van der Waals surface area contributed by atoms with Crippen molar-refractivity contribution in [3.8, 4) is 0 Å². The standard InChI is InChI=1S/C29H44F5N5O/c1-16-11-19(5-8-23(16)31)26(18-3-4-18)37-27(40)25-13-17(15-39-10-9-38(2)28(39)35)12-24(36-25)21-7-6-20(30)14-22(21)29(32,33)34/h9-10,16-26,35-36H,3-8,11-15H2,1-2H3,(H,37,40)/t16?,17?,19?,20?,21?,22?,23?,24?,25?,26-/m0/s1. The van der Waals surface area contributed by atoms with Gasteiger partial charge in [-0.15, -0.1) is 0 Å². The van der Waals surface area contributed by atoms with E-state index in [2.05, 4.69) is 10.6 Å². The molecule has 11 heteroatoms. The summed E-state index contributed by atoms with van der Waals surface area (Å²) in [5.41, 5.74) is 0.286. The molecule has 3 N–H and O–H groups in total. The van der Waals surface area contributed by atoms with Crippen LogP contribution in [0.15, 0.2) is 12.4 Å². The summed E-state index contributed by atoms with van der Waals surface area (Å²) in [7, 11) is 1.76. The van der Waals surface area contributed by atoms with Crippen molar-refractivity contribution in [3.63, 3.8) is 0 Å². The Bertz CT molecular complexity index is 1080. The van der Waals surface area contributed by atoms with Crippen LogP contribution < -0.4 is 16.3 Å². The number of aromatic nitrogens is 2. The van der Waals surface area contributed by atoms with Crippen molar-refractivity contribution >= 4 is 5.91 Å². The lowest BCUT2D eigenvalue weighted by atomic mass is 9.70. The number of amides is 1. The van der Waals surface area contributed by atoms with Crippen molar-refractivity contribution in [2.75, 3.05) is 0 Å². The smallest absolute Gasteiger partial charge is 0.351 e. The molecule has 226 valence electrons. The van der Waals surface area contributed by atoms with E-state index in [9.17, 15) is 26.7 Å². The van der Waals surface area contributed by atoms with Crippen LogP contribution in [-0.2, 0) is 18.4 Å². The van der Waals surface area contributed by atoms with Crippen LogP contribution in [0.1, 0.15) is 71.1 Å². The molecule has 0 aromatic carbocycles. The van der Waals surface area contributed by atoms with E-state index < -0.39 is 48.9 Å². The number of hydrogen-bond donors (Lipinski definition) is 3. The second kappa shape index (κ2) is 11.8. The molecule has 0 bridgehead atoms. The SMILES string of the molecule is CC1CC([C@@H](NC(=O)C2CC(Cn3ccn(C)c3=N)CC(C3CCC(F)CC3C(F)(F)F)N2)C2CC2)CCC1F. The maximum absolute atomic E-state index is 14.2. The number of carbonyl (C=O) groups excluding carboxylic acids is 1. The van der Waals surface area contributed by atoms with E-state index in [0.29, 0.717) is 31.7 Å². The Labute approximate surface area is 233 Å². The molecular weight excluding hydrogens is 529 g/mol. The minimum absolute atomic E-state index is 0.0451. The van der Waals surface area contributed by atoms with E-state index in [1.54, 1.807) is 28.6 Å². The average molecular weight is 574 g/mol. The second-order valence-electron chi connectivity index (χ2n) is 13.2. The zero-order chi connectivity index (χ0) is 28.8. The Balaban J connectivity index is 1.35. The van der Waals surface area contributed by atoms with Crippen molar-refractivity contribution < 1.29 is 26.7 Å². The normalized spacial score (nSPS) is 38.1. The van der Waals surface area contributed by atoms with Gasteiger partial charge in [0.1, 0.15) is 12.3 Å². The molecule has 1 amide bonds. The maximum Gasteiger partial charge on any atom is 0.392 e. The second-order valence-corrected chi connectivity index (χ2v) is 13.2. The van der Waals surface area contributed by atoms with Crippen LogP contribution in [-0.4, -0.2) is 51.7 Å². The summed E-state index contributed by atoms with van der Waals surface area (Å²) in [4.78, 5) is 13.8. The molecular formula is C29H44F5N5O. The monoisotopic (exact) mass is 573 g/mol. The Hall–Kier alpha value is -1.91. The first-order chi connectivity index (χ1) is 18.9. The molecule has 9 unspecified atom stereocenters. The van der Waals surface area contributed by atoms with Crippen molar-refractivity contribution in [1.82, 2.24) is 19.8 Å². The van der Waals surface area contributed by atoms with Gasteiger partial charge in [0.2, 0.25) is 11.5 Å². The fraction of sp³-hybridized carbons (Fsp3) is 0.862. The number of nitrogens with zero attached hydrogens (tertiary/aromatic N) is 2. The van der Waals surface area contributed by atoms with Crippen LogP contribution in [0.4, 0.5) is 22.0 Å². The van der Waals surface area contributed by atoms with Crippen molar-refractivity contribution in [1.29, 1.82) is 5.41 Å². The predicted octanol–water partition coefficient (Wildman–Crippen LogP) is 5.03. The molecule has 1 aliphatic heterocycles. The van der Waals surface area contributed by atoms with Gasteiger partial charge in [0.05, 0.1) is 12.0 Å². The first-order valence-electron chi connectivity index (χ1n) is 15.1. The van der Waals surface area contributed by atoms with Crippen LogP contribution >= 0.6 is 0 Å². The number of halogens is 5. The zero-order valence-corrected chi connectivity index (χ0v) is 23.5. The largest absolute Gasteiger partial charge is 0.392 e. The molecule has 40 heavy (non-hydrogen) atoms. The molecule has 10 atom stereocenters. The van der Waals surface area contributed by atoms with Crippen molar-refractivity contribution in [2.45, 2.75) is 114 Å². The molecule has 4 aliphatic rings. The number of hydrogen-bond acceptors (Lipinski definition) is 3. The summed E-state index contributed by atoms with van der Waals surface area (Å²) >= 11 is 0. The summed E-state index contributed by atoms with van der Waals surface area (Å²) in [5.74, 6) is -2.34. The summed E-state index contributed by atoms with van der Waals surface area (Å²) in [6.45, 7) is 2.35. The predicted molar refractivity (Wildman–Crippen MR) is 141 cm³/mol. The Morgan fingerprint density at radius 2 is 1.77 bits per heavy atom. The average Bonchev–Trinajstić information content (AvgIpc) is 3.70. The van der Waals surface area contributed by atoms with Crippen LogP contribution in [0.2, 0.25) is 0 Å². The summed E-state index contributed by atoms with van der Waals surface area (Å²) in [5, 5.41) is 14.9. The molecule has 3 saturated carbocycles. The number of rotatable bonds is 7. The molecule has 2 heterocycles. The van der Waals surface area contributed by atoms with Gasteiger partial charge in [-0.2, -0.15) is 13.2 Å². The van der Waals surface area contributed by atoms with E-state index >= 15 is 0 Å². The summed E-state index contributed by atoms with van der Waals surface area (Å²) in [6, 6.07) is -1.29. The third-order valence-corrected chi connectivity index (χ3v) is 10.2. The molecule has 1 aromatic rings. The lowest BCUT2D eigenvalue weighted by Gasteiger charge is -2.45. The minimum Gasteiger partial charge on any atom is -0.351 e. The van der Waals surface area contributed by atoms with Crippen LogP contribution in [0.5, 0.6) is 0 Å². The van der Waals surface area contributed by atoms with Crippen LogP contribution in [0.25, 0.3) is 0 Å². The molecule has 0 radical (unpaired) electrons. The molecule has 1 aromatic heterocycles. The summed E-state index contributed by atoms with van der Waals surface area (Å²) < 4.78 is 74.0. The Morgan fingerprint density at radius 1 is 1.05 bits per heavy atom. The highest BCUT2D eigenvalue weighted by Crippen LogP contribution is 2.46. The Kier molecular flexibility index (Phi) is 8.70. The number of piperidine rings is 1. The number of aryl methyl sites for hydroxylation is 1. The summed E-state index contributed by atoms with van der Waals surface area (Å²) in [6.07, 6.45) is 1.34. The fourth-order valence-electron chi connectivity index (χ4n) is 7.83. The molecule has 5 rings (SSSR count). The van der Waals surface area contributed by atoms with Crippen LogP contribution in [0, 0.1) is 40.9 Å². The van der Waals surface area contributed by atoms with Crippen molar-refractivity contribution in [2.24, 2.45) is 42.6 Å². The molecule has 1 saturated heterocycles. The van der Waals surface area contributed by atoms with E-state index in [1.807, 2.05) is 6.92 Å². The maximum atomic E-state index is 14.2. The molecule has 4 fully saturated rings. The number of imidazole rings is 1. The molecule has 0 spiro atoms. The van der Waals surface area contributed by atoms with Crippen molar-refractivity contribution in [3.05, 3.63) is 18.0 Å². The van der Waals surface area contributed by atoms with Gasteiger partial charge in [-0.05, 0) is 93.8 Å². The van der Waals surface area contributed by atoms with Crippen LogP contribution in [0.3, 0.4) is 0 Å². The topological polar surface area (TPSA) is 74.8 Å². The highest BCUT2D eigenvalue weighted by atomic mass is 19.4. The van der Waals surface area contributed by atoms with Gasteiger partial charge in [-0.25, -0.2) is 8.78 Å². The highest BCUT2D eigenvalue weighted by Gasteiger charge is 2.52. The van der Waals surface area contributed by atoms with E-state index in [1.165, 1.54) is 0 Å². The first-order valence-corrected chi connectivity index (χ1v) is 15.1. The van der Waals surface area contributed by atoms with E-state index in [-0.39, 0.29) is 48.2 Å². The molecule has 6 nitrogen and oxygen atoms in total. The lowest BCUT2D eigenvalue weighted by molar-refractivity contribution is -0.206. The van der Waals surface area contributed by atoms with Gasteiger partial charge >= 0.3 is 6.18 Å². The minimum atomic E-state index is -4.51. The lowest BCUT2D eigenvalue weighted by Crippen LogP contribution is -2.60. The number of nitrogens with one attached hydrogen (secondary N) is 3. The Morgan fingerprint density at radius 3 is 2.40 bits per heavy atom. The van der Waals surface area contributed by atoms with E-state index in [4.69, 9.17) is 5.41 Å². The van der Waals surface area contributed by atoms with Gasteiger partial charge in [0.25, 0.3) is 0 Å². The third kappa shape index (κ3) is 6.59. The zero-order valence-electron chi connectivity index (χ0n) is 23.5. The highest BCUT2D eigenvalue weighted by molar-refractivity contribution is 5.82. The third-order valence-electron chi connectivity index (χ3n) is 10.2. The number of carbonyl (C=O) groups is 1.